The van der Waals surface area contributed by atoms with Gasteiger partial charge in [-0.1, -0.05) is 12.1 Å². The molecule has 0 saturated carbocycles. The highest BCUT2D eigenvalue weighted by atomic mass is 32.2. The fraction of sp³-hybridized carbons (Fsp3) is 0.304. The number of hydrogen-bond donors (Lipinski definition) is 3. The minimum atomic E-state index is -3.54. The molecule has 0 aliphatic carbocycles. The van der Waals surface area contributed by atoms with Crippen LogP contribution in [0.2, 0.25) is 0 Å². The number of benzene rings is 2. The van der Waals surface area contributed by atoms with E-state index in [1.54, 1.807) is 48.7 Å². The topological polar surface area (TPSA) is 99.3 Å². The van der Waals surface area contributed by atoms with E-state index in [1.165, 1.54) is 12.1 Å². The first kappa shape index (κ1) is 23.1. The van der Waals surface area contributed by atoms with E-state index in [4.69, 9.17) is 0 Å². The van der Waals surface area contributed by atoms with Crippen LogP contribution in [0.1, 0.15) is 18.4 Å². The van der Waals surface area contributed by atoms with Crippen LogP contribution in [0, 0.1) is 5.82 Å². The van der Waals surface area contributed by atoms with Crippen LogP contribution in [0.5, 0.6) is 0 Å². The quantitative estimate of drug-likeness (QED) is 0.464. The molecule has 0 bridgehead atoms. The molecule has 2 heterocycles. The Bertz CT molecular complexity index is 1160. The average Bonchev–Trinajstić information content (AvgIpc) is 2.81. The molecule has 1 aliphatic heterocycles. The fourth-order valence-corrected chi connectivity index (χ4v) is 4.88. The molecule has 0 amide bonds. The van der Waals surface area contributed by atoms with Crippen molar-refractivity contribution >= 4 is 27.5 Å². The number of halogens is 1. The third kappa shape index (κ3) is 6.47. The monoisotopic (exact) mass is 470 g/mol. The van der Waals surface area contributed by atoms with Crippen LogP contribution in [0.15, 0.2) is 65.7 Å². The van der Waals surface area contributed by atoms with Gasteiger partial charge in [0.2, 0.25) is 16.0 Å². The summed E-state index contributed by atoms with van der Waals surface area (Å²) in [5.41, 5.74) is 1.61. The summed E-state index contributed by atoms with van der Waals surface area (Å²) in [6, 6.07) is 14.5. The summed E-state index contributed by atoms with van der Waals surface area (Å²) in [7, 11) is -1.50. The minimum absolute atomic E-state index is 0.0273. The molecule has 1 aromatic heterocycles. The van der Waals surface area contributed by atoms with E-state index in [0.717, 1.165) is 31.5 Å². The number of nitrogens with zero attached hydrogens (tertiary/aromatic N) is 3. The van der Waals surface area contributed by atoms with Crippen molar-refractivity contribution < 1.29 is 12.8 Å². The number of sulfonamides is 1. The molecule has 10 heteroatoms. The number of hydrogen-bond acceptors (Lipinski definition) is 7. The Hall–Kier alpha value is -3.08. The van der Waals surface area contributed by atoms with E-state index in [2.05, 4.69) is 30.2 Å². The van der Waals surface area contributed by atoms with Gasteiger partial charge in [0.05, 0.1) is 4.90 Å². The molecular weight excluding hydrogens is 443 g/mol. The van der Waals surface area contributed by atoms with Crippen LogP contribution in [0.25, 0.3) is 0 Å². The molecule has 1 aliphatic rings. The van der Waals surface area contributed by atoms with Crippen molar-refractivity contribution in [3.63, 3.8) is 0 Å². The lowest BCUT2D eigenvalue weighted by Crippen LogP contribution is -2.43. The lowest BCUT2D eigenvalue weighted by molar-refractivity contribution is 0.248. The van der Waals surface area contributed by atoms with Crippen molar-refractivity contribution in [2.75, 3.05) is 30.8 Å². The first-order valence-electron chi connectivity index (χ1n) is 10.8. The van der Waals surface area contributed by atoms with Gasteiger partial charge in [0.15, 0.2) is 0 Å². The average molecular weight is 471 g/mol. The second-order valence-electron chi connectivity index (χ2n) is 8.09. The van der Waals surface area contributed by atoms with Gasteiger partial charge in [-0.3, -0.25) is 0 Å². The second-order valence-corrected chi connectivity index (χ2v) is 9.81. The number of likely N-dealkylation sites (tertiary alicyclic amines) is 1. The van der Waals surface area contributed by atoms with Crippen molar-refractivity contribution in [2.45, 2.75) is 30.3 Å². The molecule has 3 N–H and O–H groups in total. The maximum absolute atomic E-state index is 13.1. The van der Waals surface area contributed by atoms with Gasteiger partial charge in [-0.05, 0) is 81.0 Å². The Morgan fingerprint density at radius 3 is 2.42 bits per heavy atom. The van der Waals surface area contributed by atoms with E-state index in [1.807, 2.05) is 7.05 Å². The maximum atomic E-state index is 13.1. The largest absolute Gasteiger partial charge is 0.350 e. The third-order valence-electron chi connectivity index (χ3n) is 5.50. The third-order valence-corrected chi connectivity index (χ3v) is 7.03. The molecule has 0 radical (unpaired) electrons. The molecule has 8 nitrogen and oxygen atoms in total. The van der Waals surface area contributed by atoms with Crippen LogP contribution < -0.4 is 15.4 Å². The van der Waals surface area contributed by atoms with E-state index >= 15 is 0 Å². The van der Waals surface area contributed by atoms with E-state index < -0.39 is 10.0 Å². The van der Waals surface area contributed by atoms with E-state index in [-0.39, 0.29) is 16.8 Å². The number of nitrogens with one attached hydrogen (secondary N) is 3. The number of aromatic nitrogens is 2. The Balaban J connectivity index is 1.33. The zero-order valence-electron chi connectivity index (χ0n) is 18.3. The molecule has 2 aromatic carbocycles. The van der Waals surface area contributed by atoms with Crippen molar-refractivity contribution in [1.29, 1.82) is 0 Å². The maximum Gasteiger partial charge on any atom is 0.240 e. The van der Waals surface area contributed by atoms with Crippen molar-refractivity contribution in [3.8, 4) is 0 Å². The molecule has 174 valence electrons. The van der Waals surface area contributed by atoms with Crippen molar-refractivity contribution in [1.82, 2.24) is 19.6 Å². The second kappa shape index (κ2) is 10.2. The van der Waals surface area contributed by atoms with Gasteiger partial charge < -0.3 is 15.5 Å². The minimum Gasteiger partial charge on any atom is -0.350 e. The van der Waals surface area contributed by atoms with Crippen molar-refractivity contribution in [2.24, 2.45) is 0 Å². The first-order valence-corrected chi connectivity index (χ1v) is 12.2. The summed E-state index contributed by atoms with van der Waals surface area (Å²) in [5.74, 6) is 0.685. The molecule has 3 aromatic rings. The highest BCUT2D eigenvalue weighted by Crippen LogP contribution is 2.17. The Labute approximate surface area is 193 Å². The van der Waals surface area contributed by atoms with Crippen LogP contribution in [0.4, 0.5) is 21.8 Å². The first-order chi connectivity index (χ1) is 15.9. The molecule has 1 saturated heterocycles. The summed E-state index contributed by atoms with van der Waals surface area (Å²) in [5, 5.41) is 6.23. The van der Waals surface area contributed by atoms with Gasteiger partial charge in [-0.25, -0.2) is 22.5 Å². The van der Waals surface area contributed by atoms with Crippen molar-refractivity contribution in [3.05, 3.63) is 72.2 Å². The molecular formula is C23H27FN6O2S. The summed E-state index contributed by atoms with van der Waals surface area (Å²) in [6.45, 7) is 2.21. The van der Waals surface area contributed by atoms with Gasteiger partial charge in [0.1, 0.15) is 11.6 Å². The lowest BCUT2D eigenvalue weighted by atomic mass is 10.1. The van der Waals surface area contributed by atoms with Crippen LogP contribution in [-0.4, -0.2) is 49.5 Å². The molecule has 0 atom stereocenters. The van der Waals surface area contributed by atoms with Gasteiger partial charge in [0, 0.05) is 24.5 Å². The summed E-state index contributed by atoms with van der Waals surface area (Å²) >= 11 is 0. The normalized spacial score (nSPS) is 15.3. The van der Waals surface area contributed by atoms with Gasteiger partial charge >= 0.3 is 0 Å². The molecule has 33 heavy (non-hydrogen) atoms. The van der Waals surface area contributed by atoms with Crippen LogP contribution >= 0.6 is 0 Å². The summed E-state index contributed by atoms with van der Waals surface area (Å²) in [6.07, 6.45) is 3.24. The molecule has 0 unspecified atom stereocenters. The summed E-state index contributed by atoms with van der Waals surface area (Å²) in [4.78, 5) is 11.1. The van der Waals surface area contributed by atoms with Gasteiger partial charge in [0.25, 0.3) is 0 Å². The van der Waals surface area contributed by atoms with Crippen LogP contribution in [-0.2, 0) is 16.6 Å². The molecule has 0 spiro atoms. The zero-order valence-corrected chi connectivity index (χ0v) is 19.1. The summed E-state index contributed by atoms with van der Waals surface area (Å²) < 4.78 is 41.3. The predicted octanol–water partition coefficient (Wildman–Crippen LogP) is 3.34. The number of piperidine rings is 1. The predicted molar refractivity (Wildman–Crippen MR) is 126 cm³/mol. The lowest BCUT2D eigenvalue weighted by Gasteiger charge is -2.29. The number of rotatable bonds is 8. The highest BCUT2D eigenvalue weighted by molar-refractivity contribution is 7.89. The molecule has 4 rings (SSSR count). The highest BCUT2D eigenvalue weighted by Gasteiger charge is 2.23. The van der Waals surface area contributed by atoms with Gasteiger partial charge in [-0.2, -0.15) is 4.98 Å². The standard InChI is InChI=1S/C23H27FN6O2S/c1-30-14-11-20(12-15-30)29-33(31,32)21-8-2-17(3-9-21)16-26-23-25-13-10-22(28-23)27-19-6-4-18(24)5-7-19/h2-10,13,20,29H,11-12,14-16H2,1H3,(H2,25,26,27,28). The fourth-order valence-electron chi connectivity index (χ4n) is 3.58. The number of anilines is 3. The Kier molecular flexibility index (Phi) is 7.17. The molecule has 1 fully saturated rings. The van der Waals surface area contributed by atoms with Gasteiger partial charge in [-0.15, -0.1) is 0 Å². The van der Waals surface area contributed by atoms with Crippen LogP contribution in [0.3, 0.4) is 0 Å². The Morgan fingerprint density at radius 2 is 1.73 bits per heavy atom. The zero-order chi connectivity index (χ0) is 23.3. The van der Waals surface area contributed by atoms with E-state index in [0.29, 0.717) is 24.0 Å². The SMILES string of the molecule is CN1CCC(NS(=O)(=O)c2ccc(CNc3nccc(Nc4ccc(F)cc4)n3)cc2)CC1. The smallest absolute Gasteiger partial charge is 0.240 e. The van der Waals surface area contributed by atoms with E-state index in [9.17, 15) is 12.8 Å². The Morgan fingerprint density at radius 1 is 1.03 bits per heavy atom.